The average molecular weight is 337 g/mol. The second-order valence-corrected chi connectivity index (χ2v) is 5.85. The van der Waals surface area contributed by atoms with Gasteiger partial charge < -0.3 is 20.5 Å². The lowest BCUT2D eigenvalue weighted by atomic mass is 10.0. The van der Waals surface area contributed by atoms with Crippen LogP contribution in [0.4, 0.5) is 5.69 Å². The van der Waals surface area contributed by atoms with Crippen molar-refractivity contribution in [3.05, 3.63) is 60.7 Å². The van der Waals surface area contributed by atoms with Crippen LogP contribution in [0, 0.1) is 0 Å². The molecule has 0 aromatic heterocycles. The number of benzene rings is 2. The molecule has 2 aromatic carbocycles. The van der Waals surface area contributed by atoms with Crippen LogP contribution in [-0.2, 0) is 0 Å². The number of fused-ring (bicyclic) bond motifs is 1. The smallest absolute Gasteiger partial charge is 0.164 e. The van der Waals surface area contributed by atoms with E-state index in [1.165, 1.54) is 0 Å². The zero-order valence-corrected chi connectivity index (χ0v) is 14.5. The molecular weight excluding hydrogens is 314 g/mol. The number of nitrogens with zero attached hydrogens (tertiary/aromatic N) is 1. The van der Waals surface area contributed by atoms with Crippen molar-refractivity contribution in [1.29, 1.82) is 0 Å². The molecule has 0 saturated heterocycles. The summed E-state index contributed by atoms with van der Waals surface area (Å²) in [6.45, 7) is 6.18. The number of anilines is 1. The Morgan fingerprint density at radius 3 is 2.84 bits per heavy atom. The van der Waals surface area contributed by atoms with Crippen LogP contribution >= 0.6 is 0 Å². The van der Waals surface area contributed by atoms with E-state index in [1.54, 1.807) is 7.11 Å². The Morgan fingerprint density at radius 2 is 2.12 bits per heavy atom. The number of nitrogens with one attached hydrogen (secondary N) is 1. The van der Waals surface area contributed by atoms with Gasteiger partial charge in [0.2, 0.25) is 0 Å². The highest BCUT2D eigenvalue weighted by Crippen LogP contribution is 2.38. The van der Waals surface area contributed by atoms with E-state index in [0.717, 1.165) is 28.3 Å². The lowest BCUT2D eigenvalue weighted by molar-refractivity contribution is 0.254. The van der Waals surface area contributed by atoms with Crippen molar-refractivity contribution in [3.8, 4) is 11.5 Å². The van der Waals surface area contributed by atoms with Gasteiger partial charge in [-0.1, -0.05) is 37.8 Å². The Morgan fingerprint density at radius 1 is 1.32 bits per heavy atom. The van der Waals surface area contributed by atoms with Gasteiger partial charge in [-0.15, -0.1) is 0 Å². The molecule has 5 nitrogen and oxygen atoms in total. The predicted octanol–water partition coefficient (Wildman–Crippen LogP) is 3.67. The lowest BCUT2D eigenvalue weighted by Gasteiger charge is -2.23. The molecule has 1 heterocycles. The normalized spacial score (nSPS) is 17.6. The molecule has 0 spiro atoms. The summed E-state index contributed by atoms with van der Waals surface area (Å²) in [5.41, 5.74) is 8.78. The minimum absolute atomic E-state index is 0.325. The largest absolute Gasteiger partial charge is 0.497 e. The van der Waals surface area contributed by atoms with Gasteiger partial charge in [-0.05, 0) is 18.2 Å². The molecule has 5 heteroatoms. The second kappa shape index (κ2) is 7.30. The standard InChI is InChI=1S/C20H23N3O2/c1-4-18(21)23-20(22-14-8-7-9-15(12-14)24-3)19-13(2)16-10-5-6-11-17(16)25-19/h5-12,19-20,22H,2,4H2,1,3H3,(H2,21,23). The van der Waals surface area contributed by atoms with Crippen molar-refractivity contribution in [3.63, 3.8) is 0 Å². The van der Waals surface area contributed by atoms with Crippen LogP contribution in [0.5, 0.6) is 11.5 Å². The topological polar surface area (TPSA) is 68.9 Å². The first-order valence-electron chi connectivity index (χ1n) is 8.30. The fourth-order valence-corrected chi connectivity index (χ4v) is 2.78. The zero-order chi connectivity index (χ0) is 17.8. The van der Waals surface area contributed by atoms with Gasteiger partial charge in [-0.3, -0.25) is 0 Å². The van der Waals surface area contributed by atoms with E-state index in [1.807, 2.05) is 55.5 Å². The number of hydrogen-bond acceptors (Lipinski definition) is 4. The highest BCUT2D eigenvalue weighted by Gasteiger charge is 2.33. The maximum Gasteiger partial charge on any atom is 0.164 e. The first kappa shape index (κ1) is 16.9. The molecule has 25 heavy (non-hydrogen) atoms. The minimum atomic E-state index is -0.382. The first-order valence-corrected chi connectivity index (χ1v) is 8.30. The maximum absolute atomic E-state index is 6.10. The van der Waals surface area contributed by atoms with E-state index < -0.39 is 0 Å². The number of hydrogen-bond donors (Lipinski definition) is 2. The highest BCUT2D eigenvalue weighted by atomic mass is 16.5. The molecule has 0 aliphatic carbocycles. The van der Waals surface area contributed by atoms with Crippen molar-refractivity contribution in [2.24, 2.45) is 10.7 Å². The number of nitrogens with two attached hydrogens (primary N) is 1. The van der Waals surface area contributed by atoms with Gasteiger partial charge in [0.1, 0.15) is 11.5 Å². The molecule has 0 radical (unpaired) electrons. The van der Waals surface area contributed by atoms with Gasteiger partial charge in [0.15, 0.2) is 12.3 Å². The Kier molecular flexibility index (Phi) is 4.93. The monoisotopic (exact) mass is 337 g/mol. The molecule has 2 atom stereocenters. The molecule has 0 bridgehead atoms. The average Bonchev–Trinajstić information content (AvgIpc) is 2.98. The SMILES string of the molecule is C=C1c2ccccc2OC1C(N=C(N)CC)Nc1cccc(OC)c1. The fraction of sp³-hybridized carbons (Fsp3) is 0.250. The number of ether oxygens (including phenoxy) is 2. The molecule has 1 aliphatic rings. The van der Waals surface area contributed by atoms with E-state index in [-0.39, 0.29) is 12.3 Å². The van der Waals surface area contributed by atoms with Crippen molar-refractivity contribution in [2.45, 2.75) is 25.6 Å². The second-order valence-electron chi connectivity index (χ2n) is 5.85. The summed E-state index contributed by atoms with van der Waals surface area (Å²) in [7, 11) is 1.64. The Hall–Kier alpha value is -2.95. The summed E-state index contributed by atoms with van der Waals surface area (Å²) in [6, 6.07) is 15.6. The van der Waals surface area contributed by atoms with Gasteiger partial charge in [-0.25, -0.2) is 4.99 Å². The zero-order valence-electron chi connectivity index (χ0n) is 14.5. The highest BCUT2D eigenvalue weighted by molar-refractivity contribution is 5.81. The van der Waals surface area contributed by atoms with E-state index in [9.17, 15) is 0 Å². The Labute approximate surface area is 148 Å². The quantitative estimate of drug-likeness (QED) is 0.623. The third-order valence-electron chi connectivity index (χ3n) is 4.17. The van der Waals surface area contributed by atoms with Gasteiger partial charge in [0.05, 0.1) is 12.9 Å². The molecular formula is C20H23N3O2. The molecule has 0 amide bonds. The number of rotatable bonds is 6. The molecule has 1 aliphatic heterocycles. The predicted molar refractivity (Wildman–Crippen MR) is 102 cm³/mol. The van der Waals surface area contributed by atoms with Crippen LogP contribution in [0.2, 0.25) is 0 Å². The third kappa shape index (κ3) is 3.60. The van der Waals surface area contributed by atoms with Gasteiger partial charge in [0.25, 0.3) is 0 Å². The Bertz CT molecular complexity index is 801. The van der Waals surface area contributed by atoms with Gasteiger partial charge in [0, 0.05) is 29.3 Å². The van der Waals surface area contributed by atoms with Crippen LogP contribution in [0.25, 0.3) is 5.57 Å². The summed E-state index contributed by atoms with van der Waals surface area (Å²) in [6.07, 6.45) is -0.0386. The minimum Gasteiger partial charge on any atom is -0.497 e. The third-order valence-corrected chi connectivity index (χ3v) is 4.17. The van der Waals surface area contributed by atoms with E-state index in [2.05, 4.69) is 16.9 Å². The number of para-hydroxylation sites is 1. The van der Waals surface area contributed by atoms with Crippen LogP contribution in [0.1, 0.15) is 18.9 Å². The summed E-state index contributed by atoms with van der Waals surface area (Å²) in [5, 5.41) is 3.39. The molecule has 130 valence electrons. The van der Waals surface area contributed by atoms with E-state index in [0.29, 0.717) is 12.3 Å². The van der Waals surface area contributed by atoms with Crippen molar-refractivity contribution >= 4 is 17.1 Å². The van der Waals surface area contributed by atoms with Crippen LogP contribution in [-0.4, -0.2) is 25.2 Å². The number of amidine groups is 1. The number of aliphatic imine (C=N–C) groups is 1. The maximum atomic E-state index is 6.10. The summed E-state index contributed by atoms with van der Waals surface area (Å²) in [4.78, 5) is 4.62. The molecule has 0 fully saturated rings. The van der Waals surface area contributed by atoms with Crippen LogP contribution < -0.4 is 20.5 Å². The fourth-order valence-electron chi connectivity index (χ4n) is 2.78. The van der Waals surface area contributed by atoms with Crippen LogP contribution in [0.3, 0.4) is 0 Å². The van der Waals surface area contributed by atoms with Crippen molar-refractivity contribution < 1.29 is 9.47 Å². The van der Waals surface area contributed by atoms with E-state index in [4.69, 9.17) is 15.2 Å². The lowest BCUT2D eigenvalue weighted by Crippen LogP contribution is -2.36. The first-order chi connectivity index (χ1) is 12.1. The van der Waals surface area contributed by atoms with Crippen LogP contribution in [0.15, 0.2) is 60.1 Å². The number of methoxy groups -OCH3 is 1. The van der Waals surface area contributed by atoms with Gasteiger partial charge in [-0.2, -0.15) is 0 Å². The van der Waals surface area contributed by atoms with E-state index >= 15 is 0 Å². The molecule has 2 aromatic rings. The van der Waals surface area contributed by atoms with Gasteiger partial charge >= 0.3 is 0 Å². The van der Waals surface area contributed by atoms with Crippen molar-refractivity contribution in [2.75, 3.05) is 12.4 Å². The molecule has 0 saturated carbocycles. The Balaban J connectivity index is 1.89. The summed E-state index contributed by atoms with van der Waals surface area (Å²) < 4.78 is 11.4. The molecule has 2 unspecified atom stereocenters. The summed E-state index contributed by atoms with van der Waals surface area (Å²) >= 11 is 0. The molecule has 3 N–H and O–H groups in total. The van der Waals surface area contributed by atoms with Crippen molar-refractivity contribution in [1.82, 2.24) is 0 Å². The summed E-state index contributed by atoms with van der Waals surface area (Å²) in [5.74, 6) is 2.15. The molecule has 3 rings (SSSR count).